The molecule has 1 nitrogen and oxygen atoms in total. The largest absolute Gasteiger partial charge is 0.253 e. The third kappa shape index (κ3) is 1.48. The van der Waals surface area contributed by atoms with Gasteiger partial charge in [-0.3, -0.25) is 4.98 Å². The fraction of sp³-hybridized carbons (Fsp3) is 0.300. The summed E-state index contributed by atoms with van der Waals surface area (Å²) < 4.78 is 0. The summed E-state index contributed by atoms with van der Waals surface area (Å²) in [5, 5.41) is 0. The Morgan fingerprint density at radius 2 is 1.91 bits per heavy atom. The third-order valence-electron chi connectivity index (χ3n) is 1.89. The molecule has 1 heterocycles. The molecule has 0 saturated heterocycles. The van der Waals surface area contributed by atoms with Crippen molar-refractivity contribution in [2.24, 2.45) is 0 Å². The zero-order valence-corrected chi connectivity index (χ0v) is 7.31. The van der Waals surface area contributed by atoms with Gasteiger partial charge in [-0.15, -0.1) is 0 Å². The van der Waals surface area contributed by atoms with Gasteiger partial charge >= 0.3 is 0 Å². The molecule has 0 spiro atoms. The normalized spacial score (nSPS) is 9.73. The van der Waals surface area contributed by atoms with Crippen LogP contribution in [0.15, 0.2) is 12.6 Å². The quantitative estimate of drug-likeness (QED) is 0.595. The van der Waals surface area contributed by atoms with E-state index >= 15 is 0 Å². The molecule has 1 aromatic heterocycles. The van der Waals surface area contributed by atoms with Gasteiger partial charge in [0, 0.05) is 5.69 Å². The molecule has 0 aliphatic heterocycles. The van der Waals surface area contributed by atoms with Crippen LogP contribution in [0.4, 0.5) is 0 Å². The van der Waals surface area contributed by atoms with Crippen molar-refractivity contribution in [3.63, 3.8) is 0 Å². The van der Waals surface area contributed by atoms with Crippen molar-refractivity contribution in [2.75, 3.05) is 0 Å². The Morgan fingerprint density at radius 1 is 1.27 bits per heavy atom. The highest BCUT2D eigenvalue weighted by molar-refractivity contribution is 5.48. The smallest absolute Gasteiger partial charge is 0.0656 e. The summed E-state index contributed by atoms with van der Waals surface area (Å²) in [6, 6.07) is 2.14. The van der Waals surface area contributed by atoms with Crippen LogP contribution < -0.4 is 0 Å². The summed E-state index contributed by atoms with van der Waals surface area (Å²) in [4.78, 5) is 4.37. The molecule has 0 N–H and O–H groups in total. The van der Waals surface area contributed by atoms with Crippen LogP contribution in [0.3, 0.4) is 0 Å². The molecule has 0 aromatic carbocycles. The molecule has 0 aliphatic carbocycles. The first-order valence-electron chi connectivity index (χ1n) is 3.72. The molecule has 1 rings (SSSR count). The van der Waals surface area contributed by atoms with Crippen LogP contribution in [0.25, 0.3) is 6.08 Å². The van der Waals surface area contributed by atoms with Crippen molar-refractivity contribution in [2.45, 2.75) is 20.8 Å². The first kappa shape index (κ1) is 7.99. The highest BCUT2D eigenvalue weighted by atomic mass is 14.7. The monoisotopic (exact) mass is 147 g/mol. The second-order valence-electron chi connectivity index (χ2n) is 2.80. The molecule has 0 saturated carbocycles. The zero-order valence-electron chi connectivity index (χ0n) is 7.31. The number of aryl methyl sites for hydroxylation is 3. The second kappa shape index (κ2) is 2.87. The standard InChI is InChI=1S/C10H13N/c1-5-10-8(3)6-7(2)9(4)11-10/h5-6H,1H2,2-4H3. The molecule has 0 radical (unpaired) electrons. The lowest BCUT2D eigenvalue weighted by molar-refractivity contribution is 1.11. The van der Waals surface area contributed by atoms with Crippen LogP contribution in [0, 0.1) is 20.8 Å². The van der Waals surface area contributed by atoms with E-state index < -0.39 is 0 Å². The summed E-state index contributed by atoms with van der Waals surface area (Å²) in [5.74, 6) is 0. The SMILES string of the molecule is C=Cc1nc(C)c(C)cc1C. The van der Waals surface area contributed by atoms with Gasteiger partial charge in [0.15, 0.2) is 0 Å². The fourth-order valence-corrected chi connectivity index (χ4v) is 1.07. The van der Waals surface area contributed by atoms with Gasteiger partial charge in [-0.1, -0.05) is 12.6 Å². The molecule has 11 heavy (non-hydrogen) atoms. The van der Waals surface area contributed by atoms with E-state index in [1.54, 1.807) is 6.08 Å². The Balaban J connectivity index is 3.31. The van der Waals surface area contributed by atoms with Crippen LogP contribution in [-0.4, -0.2) is 4.98 Å². The summed E-state index contributed by atoms with van der Waals surface area (Å²) >= 11 is 0. The van der Waals surface area contributed by atoms with Crippen molar-refractivity contribution in [1.29, 1.82) is 0 Å². The summed E-state index contributed by atoms with van der Waals surface area (Å²) in [6.07, 6.45) is 1.79. The first-order valence-corrected chi connectivity index (χ1v) is 3.72. The molecular weight excluding hydrogens is 134 g/mol. The van der Waals surface area contributed by atoms with Crippen LogP contribution in [0.5, 0.6) is 0 Å². The molecule has 0 fully saturated rings. The Bertz CT molecular complexity index is 287. The highest BCUT2D eigenvalue weighted by Gasteiger charge is 1.98. The average Bonchev–Trinajstić information content (AvgIpc) is 1.97. The number of nitrogens with zero attached hydrogens (tertiary/aromatic N) is 1. The minimum Gasteiger partial charge on any atom is -0.253 e. The predicted molar refractivity (Wildman–Crippen MR) is 48.5 cm³/mol. The summed E-state index contributed by atoms with van der Waals surface area (Å²) in [7, 11) is 0. The van der Waals surface area contributed by atoms with Gasteiger partial charge in [0.1, 0.15) is 0 Å². The van der Waals surface area contributed by atoms with E-state index in [9.17, 15) is 0 Å². The summed E-state index contributed by atoms with van der Waals surface area (Å²) in [6.45, 7) is 9.84. The van der Waals surface area contributed by atoms with Gasteiger partial charge in [0.05, 0.1) is 5.69 Å². The minimum absolute atomic E-state index is 0.994. The van der Waals surface area contributed by atoms with Crippen molar-refractivity contribution in [3.05, 3.63) is 35.2 Å². The topological polar surface area (TPSA) is 12.9 Å². The second-order valence-corrected chi connectivity index (χ2v) is 2.80. The van der Waals surface area contributed by atoms with Gasteiger partial charge in [0.25, 0.3) is 0 Å². The maximum absolute atomic E-state index is 4.37. The van der Waals surface area contributed by atoms with Gasteiger partial charge < -0.3 is 0 Å². The van der Waals surface area contributed by atoms with E-state index in [0.29, 0.717) is 0 Å². The number of hydrogen-bond donors (Lipinski definition) is 0. The fourth-order valence-electron chi connectivity index (χ4n) is 1.07. The van der Waals surface area contributed by atoms with Crippen LogP contribution in [0.2, 0.25) is 0 Å². The van der Waals surface area contributed by atoms with Gasteiger partial charge in [-0.05, 0) is 38.0 Å². The number of hydrogen-bond acceptors (Lipinski definition) is 1. The maximum atomic E-state index is 4.37. The zero-order chi connectivity index (χ0) is 8.43. The van der Waals surface area contributed by atoms with Crippen LogP contribution >= 0.6 is 0 Å². The van der Waals surface area contributed by atoms with E-state index in [4.69, 9.17) is 0 Å². The lowest BCUT2D eigenvalue weighted by Gasteiger charge is -2.03. The Hall–Kier alpha value is -1.11. The van der Waals surface area contributed by atoms with E-state index in [0.717, 1.165) is 11.4 Å². The molecule has 0 unspecified atom stereocenters. The van der Waals surface area contributed by atoms with E-state index in [-0.39, 0.29) is 0 Å². The van der Waals surface area contributed by atoms with Crippen LogP contribution in [0.1, 0.15) is 22.5 Å². The Kier molecular flexibility index (Phi) is 2.08. The molecule has 0 bridgehead atoms. The third-order valence-corrected chi connectivity index (χ3v) is 1.89. The molecule has 1 heteroatoms. The molecule has 0 aliphatic rings. The average molecular weight is 147 g/mol. The van der Waals surface area contributed by atoms with E-state index in [1.807, 2.05) is 6.92 Å². The van der Waals surface area contributed by atoms with E-state index in [1.165, 1.54) is 11.1 Å². The van der Waals surface area contributed by atoms with Crippen molar-refractivity contribution >= 4 is 6.08 Å². The molecule has 58 valence electrons. The molecule has 1 aromatic rings. The summed E-state index contributed by atoms with van der Waals surface area (Å²) in [5.41, 5.74) is 4.52. The van der Waals surface area contributed by atoms with Crippen molar-refractivity contribution in [1.82, 2.24) is 4.98 Å². The van der Waals surface area contributed by atoms with Crippen LogP contribution in [-0.2, 0) is 0 Å². The Morgan fingerprint density at radius 3 is 2.45 bits per heavy atom. The number of aromatic nitrogens is 1. The molecular formula is C10H13N. The van der Waals surface area contributed by atoms with Crippen molar-refractivity contribution in [3.8, 4) is 0 Å². The first-order chi connectivity index (χ1) is 5.15. The van der Waals surface area contributed by atoms with Crippen molar-refractivity contribution < 1.29 is 0 Å². The minimum atomic E-state index is 0.994. The highest BCUT2D eigenvalue weighted by Crippen LogP contribution is 2.11. The maximum Gasteiger partial charge on any atom is 0.0656 e. The lowest BCUT2D eigenvalue weighted by atomic mass is 10.1. The van der Waals surface area contributed by atoms with E-state index in [2.05, 4.69) is 31.5 Å². The molecule has 0 amide bonds. The number of pyridine rings is 1. The predicted octanol–water partition coefficient (Wildman–Crippen LogP) is 2.65. The van der Waals surface area contributed by atoms with Gasteiger partial charge in [0.2, 0.25) is 0 Å². The van der Waals surface area contributed by atoms with Gasteiger partial charge in [-0.2, -0.15) is 0 Å². The van der Waals surface area contributed by atoms with Gasteiger partial charge in [-0.25, -0.2) is 0 Å². The lowest BCUT2D eigenvalue weighted by Crippen LogP contribution is -1.92. The number of rotatable bonds is 1. The Labute approximate surface area is 67.8 Å². The molecule has 0 atom stereocenters.